The fourth-order valence-corrected chi connectivity index (χ4v) is 6.22. The Morgan fingerprint density at radius 1 is 0.587 bits per heavy atom. The quantitative estimate of drug-likeness (QED) is 0.0313. The molecule has 1 amide bonds. The van der Waals surface area contributed by atoms with E-state index in [4.69, 9.17) is 0 Å². The van der Waals surface area contributed by atoms with Crippen molar-refractivity contribution in [2.45, 2.75) is 193 Å². The van der Waals surface area contributed by atoms with Gasteiger partial charge in [0.1, 0.15) is 6.10 Å². The Hall–Kier alpha value is -1.48. The highest BCUT2D eigenvalue weighted by Crippen LogP contribution is 2.13. The van der Waals surface area contributed by atoms with Gasteiger partial charge in [-0.1, -0.05) is 166 Å². The van der Waals surface area contributed by atoms with Crippen LogP contribution in [0.1, 0.15) is 174 Å². The largest absolute Gasteiger partial charge is 0.387 e. The van der Waals surface area contributed by atoms with Crippen molar-refractivity contribution < 1.29 is 28.0 Å². The number of rotatable bonds is 33. The lowest BCUT2D eigenvalue weighted by Gasteiger charge is -2.22. The molecule has 46 heavy (non-hydrogen) atoms. The van der Waals surface area contributed by atoms with Crippen LogP contribution in [-0.4, -0.2) is 53.1 Å². The average Bonchev–Trinajstić information content (AvgIpc) is 3.01. The molecule has 8 heteroatoms. The van der Waals surface area contributed by atoms with E-state index in [1.54, 1.807) is 6.08 Å². The van der Waals surface area contributed by atoms with Gasteiger partial charge in [-0.2, -0.15) is 8.42 Å². The highest BCUT2D eigenvalue weighted by atomic mass is 32.2. The second-order valence-corrected chi connectivity index (χ2v) is 14.5. The smallest absolute Gasteiger partial charge is 0.267 e. The van der Waals surface area contributed by atoms with Gasteiger partial charge < -0.3 is 15.5 Å². The molecule has 0 radical (unpaired) electrons. The second-order valence-electron chi connectivity index (χ2n) is 13.0. The summed E-state index contributed by atoms with van der Waals surface area (Å²) < 4.78 is 32.4. The number of allylic oxidation sites excluding steroid dienone is 5. The first kappa shape index (κ1) is 44.5. The van der Waals surface area contributed by atoms with Crippen LogP contribution >= 0.6 is 0 Å². The molecule has 0 aliphatic carbocycles. The van der Waals surface area contributed by atoms with Crippen LogP contribution in [0.2, 0.25) is 0 Å². The summed E-state index contributed by atoms with van der Waals surface area (Å²) in [7, 11) is -4.45. The zero-order valence-electron chi connectivity index (χ0n) is 29.6. The Balaban J connectivity index is 4.18. The van der Waals surface area contributed by atoms with Crippen LogP contribution in [0.3, 0.4) is 0 Å². The van der Waals surface area contributed by atoms with Crippen LogP contribution in [-0.2, 0) is 14.9 Å². The fourth-order valence-electron chi connectivity index (χ4n) is 5.49. The van der Waals surface area contributed by atoms with E-state index in [-0.39, 0.29) is 6.42 Å². The molecule has 0 aliphatic rings. The zero-order valence-corrected chi connectivity index (χ0v) is 30.4. The predicted molar refractivity (Wildman–Crippen MR) is 195 cm³/mol. The van der Waals surface area contributed by atoms with E-state index in [1.165, 1.54) is 102 Å². The van der Waals surface area contributed by atoms with E-state index in [2.05, 4.69) is 43.5 Å². The molecule has 3 unspecified atom stereocenters. The second kappa shape index (κ2) is 32.1. The van der Waals surface area contributed by atoms with Gasteiger partial charge in [-0.25, -0.2) is 0 Å². The molecule has 0 saturated carbocycles. The molecule has 0 spiro atoms. The van der Waals surface area contributed by atoms with Gasteiger partial charge in [-0.15, -0.1) is 0 Å². The van der Waals surface area contributed by atoms with E-state index in [9.17, 15) is 28.0 Å². The van der Waals surface area contributed by atoms with Gasteiger partial charge in [0.25, 0.3) is 10.1 Å². The molecule has 0 aromatic rings. The van der Waals surface area contributed by atoms with Crippen molar-refractivity contribution in [3.8, 4) is 0 Å². The normalized spacial score (nSPS) is 14.5. The minimum atomic E-state index is -4.45. The zero-order chi connectivity index (χ0) is 34.1. The summed E-state index contributed by atoms with van der Waals surface area (Å²) in [5.41, 5.74) is 0. The van der Waals surface area contributed by atoms with Crippen LogP contribution in [0.4, 0.5) is 0 Å². The van der Waals surface area contributed by atoms with Gasteiger partial charge in [0.15, 0.2) is 0 Å². The summed E-state index contributed by atoms with van der Waals surface area (Å²) in [4.78, 5) is 12.5. The first-order valence-electron chi connectivity index (χ1n) is 18.8. The van der Waals surface area contributed by atoms with Crippen molar-refractivity contribution in [3.63, 3.8) is 0 Å². The first-order valence-corrected chi connectivity index (χ1v) is 20.4. The molecule has 0 fully saturated rings. The van der Waals surface area contributed by atoms with Gasteiger partial charge in [0.2, 0.25) is 5.91 Å². The van der Waals surface area contributed by atoms with E-state index < -0.39 is 40.0 Å². The minimum absolute atomic E-state index is 0.273. The molecule has 0 aromatic carbocycles. The number of unbranched alkanes of at least 4 members (excludes halogenated alkanes) is 20. The van der Waals surface area contributed by atoms with Gasteiger partial charge in [-0.05, 0) is 44.9 Å². The molecule has 0 aromatic heterocycles. The number of nitrogens with one attached hydrogen (secondary N) is 1. The Morgan fingerprint density at radius 2 is 0.978 bits per heavy atom. The molecule has 0 bridgehead atoms. The molecular weight excluding hydrogens is 598 g/mol. The minimum Gasteiger partial charge on any atom is -0.387 e. The number of amides is 1. The number of hydrogen-bond acceptors (Lipinski definition) is 5. The Bertz CT molecular complexity index is 886. The molecule has 0 rings (SSSR count). The maximum absolute atomic E-state index is 12.5. The summed E-state index contributed by atoms with van der Waals surface area (Å²) in [6.45, 7) is 4.47. The van der Waals surface area contributed by atoms with Crippen LogP contribution in [0.25, 0.3) is 0 Å². The molecule has 270 valence electrons. The molecule has 0 heterocycles. The lowest BCUT2D eigenvalue weighted by Crippen LogP contribution is -2.50. The summed E-state index contributed by atoms with van der Waals surface area (Å²) in [6.07, 6.45) is 37.7. The summed E-state index contributed by atoms with van der Waals surface area (Å²) >= 11 is 0. The highest BCUT2D eigenvalue weighted by molar-refractivity contribution is 7.85. The topological polar surface area (TPSA) is 124 Å². The van der Waals surface area contributed by atoms with E-state index in [0.717, 1.165) is 44.9 Å². The van der Waals surface area contributed by atoms with E-state index in [0.29, 0.717) is 12.8 Å². The monoisotopic (exact) mass is 670 g/mol. The molecule has 7 nitrogen and oxygen atoms in total. The third kappa shape index (κ3) is 31.1. The standard InChI is InChI=1S/C38H71NO6S/c1-3-5-7-9-11-13-15-16-17-18-19-20-21-23-24-26-28-30-32-36(40)35(34-46(43,44)45)39-38(42)37(41)33-31-29-27-25-22-14-12-10-8-6-4-2/h18-19,23-24,30,32,35-37,40-41H,3-17,20-22,25-29,31,33-34H2,1-2H3,(H,39,42)(H,43,44,45)/b19-18+,24-23+,32-30+. The summed E-state index contributed by atoms with van der Waals surface area (Å²) in [6, 6.07) is -1.25. The lowest BCUT2D eigenvalue weighted by atomic mass is 10.0. The van der Waals surface area contributed by atoms with Crippen molar-refractivity contribution in [2.24, 2.45) is 0 Å². The molecular formula is C38H71NO6S. The highest BCUT2D eigenvalue weighted by Gasteiger charge is 2.27. The maximum Gasteiger partial charge on any atom is 0.267 e. The van der Waals surface area contributed by atoms with Crippen molar-refractivity contribution in [1.29, 1.82) is 0 Å². The summed E-state index contributed by atoms with van der Waals surface area (Å²) in [5.74, 6) is -1.56. The first-order chi connectivity index (χ1) is 22.2. The third-order valence-electron chi connectivity index (χ3n) is 8.40. The Morgan fingerprint density at radius 3 is 1.43 bits per heavy atom. The van der Waals surface area contributed by atoms with Crippen LogP contribution in [0.15, 0.2) is 36.5 Å². The number of carbonyl (C=O) groups excluding carboxylic acids is 1. The molecule has 0 aliphatic heterocycles. The SMILES string of the molecule is CCCCCCCCCC/C=C/CC/C=C/CC/C=C/C(O)C(CS(=O)(=O)O)NC(=O)C(O)CCCCCCCCCCCCC. The Kier molecular flexibility index (Phi) is 31.1. The van der Waals surface area contributed by atoms with Gasteiger partial charge in [0.05, 0.1) is 17.9 Å². The number of carbonyl (C=O) groups is 1. The third-order valence-corrected chi connectivity index (χ3v) is 9.19. The summed E-state index contributed by atoms with van der Waals surface area (Å²) in [5, 5.41) is 23.2. The molecule has 3 atom stereocenters. The number of hydrogen-bond donors (Lipinski definition) is 4. The number of aliphatic hydroxyl groups is 2. The molecule has 4 N–H and O–H groups in total. The van der Waals surface area contributed by atoms with E-state index in [1.807, 2.05) is 0 Å². The van der Waals surface area contributed by atoms with Crippen molar-refractivity contribution in [1.82, 2.24) is 5.32 Å². The van der Waals surface area contributed by atoms with Crippen LogP contribution in [0, 0.1) is 0 Å². The van der Waals surface area contributed by atoms with Crippen molar-refractivity contribution in [3.05, 3.63) is 36.5 Å². The van der Waals surface area contributed by atoms with Crippen molar-refractivity contribution >= 4 is 16.0 Å². The number of aliphatic hydroxyl groups excluding tert-OH is 2. The fraction of sp³-hybridized carbons (Fsp3) is 0.816. The van der Waals surface area contributed by atoms with Gasteiger partial charge in [-0.3, -0.25) is 9.35 Å². The van der Waals surface area contributed by atoms with Crippen molar-refractivity contribution in [2.75, 3.05) is 5.75 Å². The van der Waals surface area contributed by atoms with Crippen LogP contribution in [0.5, 0.6) is 0 Å². The molecule has 0 saturated heterocycles. The Labute approximate surface area is 283 Å². The van der Waals surface area contributed by atoms with Gasteiger partial charge >= 0.3 is 0 Å². The van der Waals surface area contributed by atoms with E-state index >= 15 is 0 Å². The van der Waals surface area contributed by atoms with Gasteiger partial charge in [0, 0.05) is 0 Å². The lowest BCUT2D eigenvalue weighted by molar-refractivity contribution is -0.130. The van der Waals surface area contributed by atoms with Crippen LogP contribution < -0.4 is 5.32 Å². The average molecular weight is 670 g/mol. The predicted octanol–water partition coefficient (Wildman–Crippen LogP) is 9.54. The maximum atomic E-state index is 12.5.